The highest BCUT2D eigenvalue weighted by Gasteiger charge is 2.63. The molecule has 13 nitrogen and oxygen atoms in total. The minimum atomic E-state index is -4.35. The summed E-state index contributed by atoms with van der Waals surface area (Å²) in [5, 5.41) is 1.38. The van der Waals surface area contributed by atoms with Crippen LogP contribution in [0.3, 0.4) is 0 Å². The fourth-order valence-corrected chi connectivity index (χ4v) is 9.97. The largest absolute Gasteiger partial charge is 0.493 e. The monoisotopic (exact) mass is 813 g/mol. The van der Waals surface area contributed by atoms with Crippen molar-refractivity contribution in [2.45, 2.75) is 115 Å². The number of alkyl halides is 1. The molecule has 0 spiro atoms. The van der Waals surface area contributed by atoms with Crippen molar-refractivity contribution >= 4 is 44.4 Å². The first-order valence-electron chi connectivity index (χ1n) is 19.9. The van der Waals surface area contributed by atoms with E-state index in [-0.39, 0.29) is 62.8 Å². The number of aromatic nitrogens is 1. The Kier molecular flexibility index (Phi) is 12.0. The van der Waals surface area contributed by atoms with Gasteiger partial charge in [0.05, 0.1) is 44.6 Å². The highest BCUT2D eigenvalue weighted by molar-refractivity contribution is 7.91. The second-order valence-corrected chi connectivity index (χ2v) is 19.7. The van der Waals surface area contributed by atoms with Gasteiger partial charge in [0.25, 0.3) is 0 Å². The molecule has 2 saturated carbocycles. The molecule has 312 valence electrons. The summed E-state index contributed by atoms with van der Waals surface area (Å²) in [4.78, 5) is 62.9. The molecule has 6 rings (SSSR count). The van der Waals surface area contributed by atoms with Crippen molar-refractivity contribution in [1.29, 1.82) is 0 Å². The van der Waals surface area contributed by atoms with Gasteiger partial charge in [-0.2, -0.15) is 0 Å². The number of allylic oxidation sites excluding steroid dienone is 2. The number of esters is 1. The van der Waals surface area contributed by atoms with Gasteiger partial charge in [0, 0.05) is 24.4 Å². The molecule has 7 atom stereocenters. The van der Waals surface area contributed by atoms with Crippen molar-refractivity contribution in [1.82, 2.24) is 14.6 Å². The van der Waals surface area contributed by atoms with Gasteiger partial charge >= 0.3 is 5.97 Å². The molecule has 0 bridgehead atoms. The van der Waals surface area contributed by atoms with Crippen LogP contribution >= 0.6 is 0 Å². The predicted octanol–water partition coefficient (Wildman–Crippen LogP) is 5.87. The third-order valence-corrected chi connectivity index (χ3v) is 14.2. The van der Waals surface area contributed by atoms with Crippen LogP contribution < -0.4 is 18.9 Å². The van der Waals surface area contributed by atoms with Gasteiger partial charge in [-0.3, -0.25) is 23.9 Å². The van der Waals surface area contributed by atoms with Crippen molar-refractivity contribution in [3.8, 4) is 17.4 Å². The number of pyridine rings is 1. The van der Waals surface area contributed by atoms with Crippen LogP contribution in [0.15, 0.2) is 36.5 Å². The molecular formula is C42H56FN3O10S. The third-order valence-electron chi connectivity index (χ3n) is 12.1. The van der Waals surface area contributed by atoms with Gasteiger partial charge in [-0.15, -0.1) is 0 Å². The quantitative estimate of drug-likeness (QED) is 0.225. The molecule has 2 aliphatic carbocycles. The maximum absolute atomic E-state index is 14.9. The van der Waals surface area contributed by atoms with E-state index in [1.165, 1.54) is 19.1 Å². The Bertz CT molecular complexity index is 2030. The van der Waals surface area contributed by atoms with Crippen molar-refractivity contribution in [3.63, 3.8) is 0 Å². The first kappa shape index (κ1) is 42.3. The number of hydrogen-bond donors (Lipinski definition) is 1. The smallest absolute Gasteiger partial charge is 0.307 e. The highest BCUT2D eigenvalue weighted by atomic mass is 32.2. The summed E-state index contributed by atoms with van der Waals surface area (Å²) in [6, 6.07) is 4.27. The molecule has 2 aromatic rings. The number of Topliss-reactive ketones (excluding diaryl/α,β-unsaturated/α-hetero) is 1. The number of rotatable bonds is 10. The van der Waals surface area contributed by atoms with Gasteiger partial charge in [0.15, 0.2) is 17.3 Å². The number of hydrogen-bond acceptors (Lipinski definition) is 11. The van der Waals surface area contributed by atoms with E-state index >= 15 is 0 Å². The number of nitrogens with zero attached hydrogens (tertiary/aromatic N) is 2. The van der Waals surface area contributed by atoms with Crippen molar-refractivity contribution in [2.24, 2.45) is 29.1 Å². The molecule has 15 heteroatoms. The van der Waals surface area contributed by atoms with E-state index in [1.807, 2.05) is 19.1 Å². The number of nitrogens with one attached hydrogen (secondary N) is 1. The minimum Gasteiger partial charge on any atom is -0.493 e. The summed E-state index contributed by atoms with van der Waals surface area (Å²) in [7, 11) is -1.29. The summed E-state index contributed by atoms with van der Waals surface area (Å²) in [5.74, 6) is -2.33. The fourth-order valence-electron chi connectivity index (χ4n) is 8.53. The lowest BCUT2D eigenvalue weighted by Crippen LogP contribution is -2.48. The zero-order valence-corrected chi connectivity index (χ0v) is 34.8. The third kappa shape index (κ3) is 8.92. The number of benzene rings is 1. The SMILES string of the molecule is COc1cc2ccnc(O[C@@H]3C[C@H]4C(=O)C[C@]5(C(=O)NS(=O)(=O)C6(CF)CC6)C[C@H]5/C=C\CC[C@@H](C)C[C@@H](C)[C@H](CC(=O)OC(C)(C)C)C(=O)N4C3)c2cc1OC. The topological polar surface area (TPSA) is 167 Å². The molecule has 1 N–H and O–H groups in total. The molecular weight excluding hydrogens is 758 g/mol. The average Bonchev–Trinajstić information content (AvgIpc) is 4.05. The first-order valence-corrected chi connectivity index (χ1v) is 21.4. The number of ketones is 1. The van der Waals surface area contributed by atoms with E-state index in [2.05, 4.69) is 16.6 Å². The Morgan fingerprint density at radius 2 is 1.77 bits per heavy atom. The van der Waals surface area contributed by atoms with E-state index in [1.54, 1.807) is 45.2 Å². The molecule has 3 fully saturated rings. The fraction of sp³-hybridized carbons (Fsp3) is 0.643. The van der Waals surface area contributed by atoms with Crippen LogP contribution in [0.1, 0.15) is 92.4 Å². The predicted molar refractivity (Wildman–Crippen MR) is 210 cm³/mol. The van der Waals surface area contributed by atoms with E-state index < -0.39 is 80.0 Å². The molecule has 57 heavy (non-hydrogen) atoms. The lowest BCUT2D eigenvalue weighted by molar-refractivity contribution is -0.160. The van der Waals surface area contributed by atoms with Crippen LogP contribution in [0, 0.1) is 29.1 Å². The highest BCUT2D eigenvalue weighted by Crippen LogP contribution is 2.58. The molecule has 4 aliphatic rings. The maximum atomic E-state index is 14.9. The van der Waals surface area contributed by atoms with Crippen LogP contribution in [0.2, 0.25) is 0 Å². The zero-order valence-electron chi connectivity index (χ0n) is 34.0. The van der Waals surface area contributed by atoms with Crippen LogP contribution in [0.25, 0.3) is 10.8 Å². The molecule has 1 saturated heterocycles. The summed E-state index contributed by atoms with van der Waals surface area (Å²) in [5.41, 5.74) is -2.18. The lowest BCUT2D eigenvalue weighted by atomic mass is 9.82. The number of amides is 2. The summed E-state index contributed by atoms with van der Waals surface area (Å²) in [6.45, 7) is 8.19. The van der Waals surface area contributed by atoms with Gasteiger partial charge in [0.2, 0.25) is 27.7 Å². The Hall–Kier alpha value is -4.27. The van der Waals surface area contributed by atoms with Gasteiger partial charge in [-0.25, -0.2) is 17.8 Å². The Balaban J connectivity index is 1.36. The summed E-state index contributed by atoms with van der Waals surface area (Å²) < 4.78 is 64.1. The molecule has 2 aliphatic heterocycles. The Morgan fingerprint density at radius 1 is 1.07 bits per heavy atom. The molecule has 0 radical (unpaired) electrons. The molecule has 1 aromatic heterocycles. The normalized spacial score (nSPS) is 29.6. The summed E-state index contributed by atoms with van der Waals surface area (Å²) >= 11 is 0. The second-order valence-electron chi connectivity index (χ2n) is 17.6. The van der Waals surface area contributed by atoms with Gasteiger partial charge in [-0.05, 0) is 101 Å². The first-order chi connectivity index (χ1) is 26.9. The van der Waals surface area contributed by atoms with Crippen LogP contribution in [0.5, 0.6) is 17.4 Å². The molecule has 2 amide bonds. The van der Waals surface area contributed by atoms with Gasteiger partial charge in [-0.1, -0.05) is 26.0 Å². The summed E-state index contributed by atoms with van der Waals surface area (Å²) in [6.07, 6.45) is 6.72. The molecule has 3 heterocycles. The molecule has 1 aromatic carbocycles. The number of ether oxygens (including phenoxy) is 4. The van der Waals surface area contributed by atoms with Gasteiger partial charge < -0.3 is 23.8 Å². The molecule has 0 unspecified atom stereocenters. The van der Waals surface area contributed by atoms with E-state index in [9.17, 15) is 32.0 Å². The average molecular weight is 814 g/mol. The number of carbonyl (C=O) groups is 4. The van der Waals surface area contributed by atoms with Crippen LogP contribution in [-0.2, 0) is 33.9 Å². The van der Waals surface area contributed by atoms with Crippen molar-refractivity contribution in [3.05, 3.63) is 36.5 Å². The lowest BCUT2D eigenvalue weighted by Gasteiger charge is -2.32. The standard InChI is InChI=1S/C42H56FN3O10S/c1-25-10-8-9-11-28-21-42(28,39(50)45-57(51,52)41(24-43)13-14-41)22-33(47)32-18-29(55-37-31-19-35(54-7)34(53-6)17-27(31)12-15-44-37)23-46(32)38(49)30(26(2)16-25)20-36(48)56-40(3,4)5/h9,11-12,15,17,19,25-26,28-30,32H,8,10,13-14,16,18,20-24H2,1-7H3,(H,45,50)/b11-9-/t25-,26-,28-,29-,30+,32+,42-/m1/s1. The number of sulfonamides is 1. The van der Waals surface area contributed by atoms with E-state index in [0.717, 1.165) is 11.8 Å². The zero-order chi connectivity index (χ0) is 41.5. The van der Waals surface area contributed by atoms with E-state index in [4.69, 9.17) is 18.9 Å². The number of halogens is 1. The van der Waals surface area contributed by atoms with Gasteiger partial charge in [0.1, 0.15) is 23.1 Å². The number of methoxy groups -OCH3 is 2. The number of carbonyl (C=O) groups excluding carboxylic acids is 4. The number of fused-ring (bicyclic) bond motifs is 3. The Morgan fingerprint density at radius 3 is 2.42 bits per heavy atom. The Labute approximate surface area is 334 Å². The van der Waals surface area contributed by atoms with Crippen LogP contribution in [0.4, 0.5) is 4.39 Å². The van der Waals surface area contributed by atoms with E-state index in [0.29, 0.717) is 29.7 Å². The minimum absolute atomic E-state index is 0.0103. The maximum Gasteiger partial charge on any atom is 0.307 e. The van der Waals surface area contributed by atoms with Crippen molar-refractivity contribution in [2.75, 3.05) is 27.4 Å². The van der Waals surface area contributed by atoms with Crippen LogP contribution in [-0.4, -0.2) is 91.8 Å². The van der Waals surface area contributed by atoms with Crippen molar-refractivity contribution < 1.29 is 50.9 Å². The second kappa shape index (κ2) is 16.2.